The molecule has 0 atom stereocenters. The molecular weight excluding hydrogens is 1530 g/mol. The average molecular weight is 1750 g/mol. The number of rotatable bonds is 99. The molecule has 0 aliphatic carbocycles. The van der Waals surface area contributed by atoms with Gasteiger partial charge >= 0.3 is 166 Å². The third-order valence-electron chi connectivity index (χ3n) is 28.0. The van der Waals surface area contributed by atoms with Crippen molar-refractivity contribution in [2.75, 3.05) is 0 Å². The second kappa shape index (κ2) is 96.1. The molecule has 0 saturated heterocycles. The molecule has 1 heterocycles. The Morgan fingerprint density at radius 1 is 0.179 bits per heavy atom. The molecule has 2 nitrogen and oxygen atoms in total. The van der Waals surface area contributed by atoms with Gasteiger partial charge in [-0.15, -0.1) is 0 Å². The normalized spacial score (nSPS) is 12.3. The Hall–Kier alpha value is -1.99. The molecule has 0 radical (unpaired) electrons. The van der Waals surface area contributed by atoms with Crippen LogP contribution < -0.4 is 0 Å². The van der Waals surface area contributed by atoms with Gasteiger partial charge in [-0.05, 0) is 111 Å². The molecule has 2 aromatic carbocycles. The van der Waals surface area contributed by atoms with Gasteiger partial charge in [-0.3, -0.25) is 0 Å². The quantitative estimate of drug-likeness (QED) is 0.0358. The predicted molar refractivity (Wildman–Crippen MR) is 556 cm³/mol. The Labute approximate surface area is 781 Å². The maximum absolute atomic E-state index is 12.5. The molecule has 0 spiro atoms. The molecule has 0 fully saturated rings. The van der Waals surface area contributed by atoms with Crippen LogP contribution >= 0.6 is 0 Å². The first kappa shape index (κ1) is 117. The second-order valence-corrected chi connectivity index (χ2v) is 41.8. The molecule has 0 N–H and O–H groups in total. The van der Waals surface area contributed by atoms with Crippen LogP contribution in [0.1, 0.15) is 666 Å². The Morgan fingerprint density at radius 2 is 0.341 bits per heavy atom. The number of aryl methyl sites for hydroxylation is 4. The van der Waals surface area contributed by atoms with Gasteiger partial charge in [0.05, 0.1) is 0 Å². The smallest absolute Gasteiger partial charge is 0.493 e. The zero-order valence-corrected chi connectivity index (χ0v) is 86.3. The van der Waals surface area contributed by atoms with Crippen LogP contribution in [0.4, 0.5) is 0 Å². The van der Waals surface area contributed by atoms with Crippen LogP contribution in [-0.2, 0) is 40.1 Å². The molecule has 722 valence electrons. The Balaban J connectivity index is 0.000000936. The number of unbranched alkanes of at least 4 members (excludes halogenated alkanes) is 83. The monoisotopic (exact) mass is 1750 g/mol. The van der Waals surface area contributed by atoms with E-state index in [4.69, 9.17) is 0 Å². The van der Waals surface area contributed by atoms with Crippen molar-refractivity contribution in [3.05, 3.63) is 87.0 Å². The summed E-state index contributed by atoms with van der Waals surface area (Å²) >= 11 is 2.05. The molecule has 0 amide bonds. The van der Waals surface area contributed by atoms with E-state index in [1.165, 1.54) is 628 Å². The molecule has 1 aliphatic heterocycles. The summed E-state index contributed by atoms with van der Waals surface area (Å²) in [6, 6.07) is 14.8. The molecule has 3 rings (SSSR count). The van der Waals surface area contributed by atoms with Crippen molar-refractivity contribution in [2.24, 2.45) is 0 Å². The van der Waals surface area contributed by atoms with Crippen LogP contribution in [-0.4, -0.2) is 4.70 Å². The fourth-order valence-corrected chi connectivity index (χ4v) is 20.8. The van der Waals surface area contributed by atoms with Crippen molar-refractivity contribution in [1.29, 1.82) is 0 Å². The Kier molecular flexibility index (Phi) is 91.5. The summed E-state index contributed by atoms with van der Waals surface area (Å²) < 4.78 is 1.63. The van der Waals surface area contributed by atoms with Gasteiger partial charge in [0, 0.05) is 22.8 Å². The van der Waals surface area contributed by atoms with Crippen molar-refractivity contribution in [1.82, 2.24) is 0 Å². The standard InChI is InChI=1S/C74H128N2.2C23H47.Ni/c1-6-11-16-19-22-24-26-28-30-32-34-36-38-40-42-44-46-48-51-56-68-59-66(54-14-9-4)61-71(62-68)73-65-70(58-53-50-21-18-13-8-3)74(76(73)75)72-63-67(55-15-10-5)60-69(64-72)57-52-49-47-45-43-41-39-37-35-33-31-29-27-25-23-20-17-12-7-2;2*1-3-5-7-9-11-13-15-17-19-21-23-22-20-18-16-14-12-10-8-6-4-2;/h59-65H,6-58H2,1-5H3;2*1,3-23H2,2H3;. The van der Waals surface area contributed by atoms with Crippen LogP contribution in [0.2, 0.25) is 10.8 Å². The third-order valence-corrected chi connectivity index (χ3v) is 29.4. The molecule has 0 aromatic heterocycles. The molecule has 0 bridgehead atoms. The summed E-state index contributed by atoms with van der Waals surface area (Å²) in [7, 11) is 0. The summed E-state index contributed by atoms with van der Waals surface area (Å²) in [4.78, 5) is 0. The number of hydrogen-bond donors (Lipinski definition) is 0. The van der Waals surface area contributed by atoms with E-state index in [9.17, 15) is 5.53 Å². The van der Waals surface area contributed by atoms with E-state index >= 15 is 0 Å². The number of hydrogen-bond acceptors (Lipinski definition) is 0. The van der Waals surface area contributed by atoms with Crippen LogP contribution in [0.25, 0.3) is 16.9 Å². The first-order chi connectivity index (χ1) is 61.0. The zero-order chi connectivity index (χ0) is 88.0. The molecule has 0 unspecified atom stereocenters. The summed E-state index contributed by atoms with van der Waals surface area (Å²) in [5.41, 5.74) is 24.1. The summed E-state index contributed by atoms with van der Waals surface area (Å²) in [5, 5.41) is 2.87. The Bertz CT molecular complexity index is 2490. The van der Waals surface area contributed by atoms with Crippen molar-refractivity contribution >= 4 is 11.4 Å². The summed E-state index contributed by atoms with van der Waals surface area (Å²) in [6.07, 6.45) is 137. The minimum absolute atomic E-state index is 0.989. The van der Waals surface area contributed by atoms with Crippen LogP contribution in [0.15, 0.2) is 48.0 Å². The van der Waals surface area contributed by atoms with Gasteiger partial charge < -0.3 is 5.53 Å². The first-order valence-corrected chi connectivity index (χ1v) is 59.0. The fourth-order valence-electron chi connectivity index (χ4n) is 19.6. The van der Waals surface area contributed by atoms with Gasteiger partial charge in [0.15, 0.2) is 0 Å². The SMILES string of the molecule is CCCCCCCCCCCCCCCCCCCCCC[CH2][Ni][CH2]CCCCCCCCCCCCCCCCCCCCCC.CCCCCCCCCCCCCCCCCCCCCc1cc(CCCC)cc(C2=CC(CCCCCCCC)=C(c3cc(CCCC)cc(CCCCCCCCCCCCCCCCCCCCC)c3)[N+]2=[N-])c1. The van der Waals surface area contributed by atoms with Crippen molar-refractivity contribution in [3.63, 3.8) is 0 Å². The molecular formula is C120H222N2Ni. The zero-order valence-electron chi connectivity index (χ0n) is 85.3. The minimum atomic E-state index is 0.989. The van der Waals surface area contributed by atoms with Gasteiger partial charge in [0.1, 0.15) is 0 Å². The first-order valence-electron chi connectivity index (χ1n) is 57.6. The Morgan fingerprint density at radius 3 is 0.545 bits per heavy atom. The molecule has 123 heavy (non-hydrogen) atoms. The summed E-state index contributed by atoms with van der Waals surface area (Å²) in [6.45, 7) is 16.2. The molecule has 0 saturated carbocycles. The third kappa shape index (κ3) is 76.3. The van der Waals surface area contributed by atoms with Gasteiger partial charge in [-0.25, -0.2) is 4.70 Å². The molecule has 3 heteroatoms. The van der Waals surface area contributed by atoms with Gasteiger partial charge in [-0.2, -0.15) is 0 Å². The van der Waals surface area contributed by atoms with E-state index in [0.29, 0.717) is 0 Å². The van der Waals surface area contributed by atoms with Gasteiger partial charge in [0.25, 0.3) is 0 Å². The van der Waals surface area contributed by atoms with Gasteiger partial charge in [-0.1, -0.05) is 465 Å². The van der Waals surface area contributed by atoms with Crippen molar-refractivity contribution in [2.45, 2.75) is 669 Å². The average Bonchev–Trinajstić information content (AvgIpc) is 1.63. The van der Waals surface area contributed by atoms with E-state index < -0.39 is 0 Å². The van der Waals surface area contributed by atoms with E-state index in [0.717, 1.165) is 43.5 Å². The number of benzene rings is 2. The van der Waals surface area contributed by atoms with E-state index in [1.54, 1.807) is 4.70 Å². The van der Waals surface area contributed by atoms with Crippen LogP contribution in [0.3, 0.4) is 0 Å². The maximum atomic E-state index is 12.5. The summed E-state index contributed by atoms with van der Waals surface area (Å²) in [5.74, 6) is 0. The topological polar surface area (TPSA) is 25.3 Å². The van der Waals surface area contributed by atoms with Gasteiger partial charge in [0.2, 0.25) is 11.4 Å². The molecule has 1 aliphatic rings. The van der Waals surface area contributed by atoms with E-state index in [2.05, 4.69) is 105 Å². The van der Waals surface area contributed by atoms with E-state index in [1.807, 2.05) is 0 Å². The number of allylic oxidation sites excluding steroid dienone is 2. The predicted octanol–water partition coefficient (Wildman–Crippen LogP) is 44.2. The van der Waals surface area contributed by atoms with Crippen molar-refractivity contribution in [3.8, 4) is 0 Å². The number of nitrogens with zero attached hydrogens (tertiary/aromatic N) is 2. The second-order valence-electron chi connectivity index (χ2n) is 40.4. The van der Waals surface area contributed by atoms with Crippen LogP contribution in [0, 0.1) is 0 Å². The minimum Gasteiger partial charge on any atom is -0.493 e. The van der Waals surface area contributed by atoms with Crippen molar-refractivity contribution < 1.29 is 19.1 Å². The fraction of sp³-hybridized carbons (Fsp3) is 0.867. The van der Waals surface area contributed by atoms with Crippen LogP contribution in [0.5, 0.6) is 0 Å². The molecule has 2 aromatic rings. The van der Waals surface area contributed by atoms with E-state index in [-0.39, 0.29) is 0 Å².